The van der Waals surface area contributed by atoms with Gasteiger partial charge < -0.3 is 9.64 Å². The predicted octanol–water partition coefficient (Wildman–Crippen LogP) is 2.78. The Morgan fingerprint density at radius 3 is 2.48 bits per heavy atom. The highest BCUT2D eigenvalue weighted by Gasteiger charge is 2.24. The van der Waals surface area contributed by atoms with E-state index in [-0.39, 0.29) is 12.0 Å². The van der Waals surface area contributed by atoms with Gasteiger partial charge in [-0.1, -0.05) is 17.7 Å². The molecule has 0 spiro atoms. The van der Waals surface area contributed by atoms with Gasteiger partial charge in [0.15, 0.2) is 0 Å². The Labute approximate surface area is 136 Å². The highest BCUT2D eigenvalue weighted by atomic mass is 16.5. The van der Waals surface area contributed by atoms with Gasteiger partial charge in [-0.2, -0.15) is 4.98 Å². The van der Waals surface area contributed by atoms with Crippen molar-refractivity contribution < 1.29 is 9.53 Å². The fourth-order valence-corrected chi connectivity index (χ4v) is 2.73. The molecule has 0 atom stereocenters. The van der Waals surface area contributed by atoms with E-state index in [2.05, 4.69) is 9.97 Å². The van der Waals surface area contributed by atoms with Gasteiger partial charge in [-0.15, -0.1) is 0 Å². The summed E-state index contributed by atoms with van der Waals surface area (Å²) in [6.45, 7) is 5.28. The van der Waals surface area contributed by atoms with Crippen LogP contribution in [0.4, 0.5) is 0 Å². The van der Waals surface area contributed by atoms with Gasteiger partial charge in [-0.05, 0) is 26.0 Å². The van der Waals surface area contributed by atoms with Crippen LogP contribution in [0.1, 0.15) is 34.6 Å². The van der Waals surface area contributed by atoms with E-state index in [1.807, 2.05) is 43.0 Å². The Morgan fingerprint density at radius 2 is 1.83 bits per heavy atom. The predicted molar refractivity (Wildman–Crippen MR) is 87.5 cm³/mol. The lowest BCUT2D eigenvalue weighted by Gasteiger charge is -2.32. The molecule has 5 heteroatoms. The van der Waals surface area contributed by atoms with E-state index in [0.29, 0.717) is 24.8 Å². The molecule has 0 aliphatic carbocycles. The fraction of sp³-hybridized carbons (Fsp3) is 0.389. The first-order valence-corrected chi connectivity index (χ1v) is 7.94. The summed E-state index contributed by atoms with van der Waals surface area (Å²) in [4.78, 5) is 22.7. The van der Waals surface area contributed by atoms with E-state index < -0.39 is 0 Å². The number of likely N-dealkylation sites (tertiary alicyclic amines) is 1. The monoisotopic (exact) mass is 311 g/mol. The molecule has 1 aromatic carbocycles. The van der Waals surface area contributed by atoms with Crippen LogP contribution in [0, 0.1) is 13.8 Å². The molecule has 1 saturated heterocycles. The molecular weight excluding hydrogens is 290 g/mol. The van der Waals surface area contributed by atoms with Crippen LogP contribution >= 0.6 is 0 Å². The van der Waals surface area contributed by atoms with Crippen LogP contribution in [0.15, 0.2) is 36.5 Å². The molecule has 2 heterocycles. The number of ether oxygens (including phenoxy) is 1. The number of hydrogen-bond acceptors (Lipinski definition) is 4. The van der Waals surface area contributed by atoms with Crippen molar-refractivity contribution in [1.82, 2.24) is 14.9 Å². The number of hydrogen-bond donors (Lipinski definition) is 0. The number of rotatable bonds is 3. The lowest BCUT2D eigenvalue weighted by atomic mass is 10.1. The van der Waals surface area contributed by atoms with Gasteiger partial charge in [0.25, 0.3) is 5.91 Å². The SMILES string of the molecule is Cc1ccc(C(=O)N2CCC(Oc3ccnc(C)n3)CC2)cc1. The molecule has 120 valence electrons. The van der Waals surface area contributed by atoms with E-state index in [1.165, 1.54) is 0 Å². The van der Waals surface area contributed by atoms with Crippen molar-refractivity contribution in [3.8, 4) is 5.88 Å². The zero-order chi connectivity index (χ0) is 16.2. The van der Waals surface area contributed by atoms with Crippen molar-refractivity contribution in [2.75, 3.05) is 13.1 Å². The number of carbonyl (C=O) groups is 1. The van der Waals surface area contributed by atoms with Crippen LogP contribution < -0.4 is 4.74 Å². The molecule has 0 bridgehead atoms. The summed E-state index contributed by atoms with van der Waals surface area (Å²) < 4.78 is 5.90. The number of amides is 1. The maximum absolute atomic E-state index is 12.5. The van der Waals surface area contributed by atoms with Crippen molar-refractivity contribution in [1.29, 1.82) is 0 Å². The van der Waals surface area contributed by atoms with E-state index in [4.69, 9.17) is 4.74 Å². The lowest BCUT2D eigenvalue weighted by molar-refractivity contribution is 0.0587. The molecule has 3 rings (SSSR count). The molecule has 0 unspecified atom stereocenters. The number of aromatic nitrogens is 2. The van der Waals surface area contributed by atoms with Crippen molar-refractivity contribution in [2.24, 2.45) is 0 Å². The topological polar surface area (TPSA) is 55.3 Å². The molecule has 1 fully saturated rings. The quantitative estimate of drug-likeness (QED) is 0.874. The second-order valence-electron chi connectivity index (χ2n) is 5.92. The summed E-state index contributed by atoms with van der Waals surface area (Å²) in [5.74, 6) is 1.41. The molecule has 0 radical (unpaired) electrons. The maximum atomic E-state index is 12.5. The summed E-state index contributed by atoms with van der Waals surface area (Å²) in [6.07, 6.45) is 3.45. The van der Waals surface area contributed by atoms with E-state index in [0.717, 1.165) is 24.0 Å². The second kappa shape index (κ2) is 6.77. The van der Waals surface area contributed by atoms with Crippen molar-refractivity contribution in [3.63, 3.8) is 0 Å². The smallest absolute Gasteiger partial charge is 0.253 e. The first-order chi connectivity index (χ1) is 11.1. The molecule has 0 N–H and O–H groups in total. The first-order valence-electron chi connectivity index (χ1n) is 7.94. The average molecular weight is 311 g/mol. The van der Waals surface area contributed by atoms with Crippen LogP contribution in [-0.4, -0.2) is 40.0 Å². The number of carbonyl (C=O) groups excluding carboxylic acids is 1. The molecule has 1 aromatic heterocycles. The molecule has 1 amide bonds. The summed E-state index contributed by atoms with van der Waals surface area (Å²) >= 11 is 0. The maximum Gasteiger partial charge on any atom is 0.253 e. The minimum absolute atomic E-state index is 0.0985. The van der Waals surface area contributed by atoms with Gasteiger partial charge >= 0.3 is 0 Å². The summed E-state index contributed by atoms with van der Waals surface area (Å²) in [7, 11) is 0. The van der Waals surface area contributed by atoms with Gasteiger partial charge in [-0.25, -0.2) is 4.98 Å². The molecule has 0 saturated carbocycles. The fourth-order valence-electron chi connectivity index (χ4n) is 2.73. The van der Waals surface area contributed by atoms with Crippen molar-refractivity contribution in [3.05, 3.63) is 53.5 Å². The van der Waals surface area contributed by atoms with Crippen LogP contribution in [0.2, 0.25) is 0 Å². The largest absolute Gasteiger partial charge is 0.474 e. The average Bonchev–Trinajstić information content (AvgIpc) is 2.56. The van der Waals surface area contributed by atoms with Crippen LogP contribution in [0.5, 0.6) is 5.88 Å². The molecule has 1 aliphatic heterocycles. The zero-order valence-corrected chi connectivity index (χ0v) is 13.5. The molecule has 1 aliphatic rings. The first kappa shape index (κ1) is 15.5. The van der Waals surface area contributed by atoms with Gasteiger partial charge in [0, 0.05) is 43.8 Å². The lowest BCUT2D eigenvalue weighted by Crippen LogP contribution is -2.41. The van der Waals surface area contributed by atoms with Gasteiger partial charge in [0.05, 0.1) is 0 Å². The van der Waals surface area contributed by atoms with E-state index in [1.54, 1.807) is 12.3 Å². The minimum atomic E-state index is 0.0985. The van der Waals surface area contributed by atoms with Crippen LogP contribution in [0.3, 0.4) is 0 Å². The number of benzene rings is 1. The molecule has 23 heavy (non-hydrogen) atoms. The van der Waals surface area contributed by atoms with Gasteiger partial charge in [0.2, 0.25) is 5.88 Å². The van der Waals surface area contributed by atoms with Crippen LogP contribution in [-0.2, 0) is 0 Å². The van der Waals surface area contributed by atoms with Gasteiger partial charge in [0.1, 0.15) is 11.9 Å². The molecule has 2 aromatic rings. The summed E-state index contributed by atoms with van der Waals surface area (Å²) in [5.41, 5.74) is 1.91. The van der Waals surface area contributed by atoms with Crippen molar-refractivity contribution in [2.45, 2.75) is 32.8 Å². The normalized spacial score (nSPS) is 15.5. The van der Waals surface area contributed by atoms with Crippen molar-refractivity contribution >= 4 is 5.91 Å². The van der Waals surface area contributed by atoms with E-state index in [9.17, 15) is 4.79 Å². The Hall–Kier alpha value is -2.43. The molecule has 5 nitrogen and oxygen atoms in total. The third-order valence-electron chi connectivity index (χ3n) is 4.07. The second-order valence-corrected chi connectivity index (χ2v) is 5.92. The Balaban J connectivity index is 1.55. The third-order valence-corrected chi connectivity index (χ3v) is 4.07. The molecular formula is C18H21N3O2. The standard InChI is InChI=1S/C18H21N3O2/c1-13-3-5-15(6-4-13)18(22)21-11-8-16(9-12-21)23-17-7-10-19-14(2)20-17/h3-7,10,16H,8-9,11-12H2,1-2H3. The summed E-state index contributed by atoms with van der Waals surface area (Å²) in [5, 5.41) is 0. The third kappa shape index (κ3) is 3.86. The van der Waals surface area contributed by atoms with Gasteiger partial charge in [-0.3, -0.25) is 4.79 Å². The van der Waals surface area contributed by atoms with Crippen LogP contribution in [0.25, 0.3) is 0 Å². The minimum Gasteiger partial charge on any atom is -0.474 e. The number of aryl methyl sites for hydroxylation is 2. The zero-order valence-electron chi connectivity index (χ0n) is 13.5. The highest BCUT2D eigenvalue weighted by molar-refractivity contribution is 5.94. The number of piperidine rings is 1. The Morgan fingerprint density at radius 1 is 1.13 bits per heavy atom. The Bertz CT molecular complexity index is 677. The highest BCUT2D eigenvalue weighted by Crippen LogP contribution is 2.19. The Kier molecular flexibility index (Phi) is 4.55. The van der Waals surface area contributed by atoms with E-state index >= 15 is 0 Å². The summed E-state index contributed by atoms with van der Waals surface area (Å²) in [6, 6.07) is 9.51. The number of nitrogens with zero attached hydrogens (tertiary/aromatic N) is 3.